The molecule has 5 heteroatoms. The van der Waals surface area contributed by atoms with E-state index in [1.807, 2.05) is 30.3 Å². The lowest BCUT2D eigenvalue weighted by molar-refractivity contribution is -0.142. The Labute approximate surface area is 150 Å². The molecule has 0 heterocycles. The summed E-state index contributed by atoms with van der Waals surface area (Å²) in [6.07, 6.45) is 5.95. The third kappa shape index (κ3) is 6.07. The molecule has 2 rings (SSSR count). The van der Waals surface area contributed by atoms with Crippen LogP contribution in [0.2, 0.25) is 0 Å². The molecule has 0 radical (unpaired) electrons. The summed E-state index contributed by atoms with van der Waals surface area (Å²) in [5.41, 5.74) is 0.721. The highest BCUT2D eigenvalue weighted by Crippen LogP contribution is 2.40. The molecule has 138 valence electrons. The van der Waals surface area contributed by atoms with Gasteiger partial charge in [-0.3, -0.25) is 10.1 Å². The van der Waals surface area contributed by atoms with Gasteiger partial charge in [0.25, 0.3) is 0 Å². The number of benzene rings is 1. The van der Waals surface area contributed by atoms with Crippen molar-refractivity contribution in [3.63, 3.8) is 0 Å². The van der Waals surface area contributed by atoms with Gasteiger partial charge in [0.2, 0.25) is 0 Å². The van der Waals surface area contributed by atoms with Gasteiger partial charge in [-0.25, -0.2) is 4.79 Å². The lowest BCUT2D eigenvalue weighted by Crippen LogP contribution is -2.28. The maximum absolute atomic E-state index is 12.2. The van der Waals surface area contributed by atoms with Gasteiger partial charge in [-0.1, -0.05) is 44.4 Å². The average molecular weight is 347 g/mol. The predicted octanol–water partition coefficient (Wildman–Crippen LogP) is 4.77. The average Bonchev–Trinajstić information content (AvgIpc) is 2.97. The van der Waals surface area contributed by atoms with Crippen LogP contribution in [0.5, 0.6) is 0 Å². The third-order valence-electron chi connectivity index (χ3n) is 4.98. The molecule has 3 atom stereocenters. The fourth-order valence-corrected chi connectivity index (χ4v) is 3.67. The molecule has 0 saturated heterocycles. The lowest BCUT2D eigenvalue weighted by atomic mass is 9.87. The van der Waals surface area contributed by atoms with Crippen molar-refractivity contribution in [2.75, 3.05) is 12.4 Å². The number of nitrogens with one attached hydrogen (secondary N) is 1. The van der Waals surface area contributed by atoms with Crippen molar-refractivity contribution in [1.29, 1.82) is 0 Å². The number of unbranched alkanes of at least 4 members (excludes halogenated alkanes) is 2. The van der Waals surface area contributed by atoms with Gasteiger partial charge in [-0.05, 0) is 43.2 Å². The van der Waals surface area contributed by atoms with Crippen molar-refractivity contribution >= 4 is 17.7 Å². The van der Waals surface area contributed by atoms with E-state index in [0.29, 0.717) is 6.42 Å². The van der Waals surface area contributed by atoms with Crippen LogP contribution in [0.4, 0.5) is 10.5 Å². The van der Waals surface area contributed by atoms with E-state index in [2.05, 4.69) is 12.2 Å². The van der Waals surface area contributed by atoms with Crippen LogP contribution in [0, 0.1) is 11.8 Å². The first kappa shape index (κ1) is 19.3. The normalized spacial score (nSPS) is 22.4. The van der Waals surface area contributed by atoms with Gasteiger partial charge in [-0.15, -0.1) is 0 Å². The Morgan fingerprint density at radius 1 is 1.16 bits per heavy atom. The van der Waals surface area contributed by atoms with Crippen LogP contribution in [0.25, 0.3) is 0 Å². The van der Waals surface area contributed by atoms with E-state index in [1.54, 1.807) is 0 Å². The van der Waals surface area contributed by atoms with Gasteiger partial charge in [0, 0.05) is 12.1 Å². The number of hydrogen-bond donors (Lipinski definition) is 1. The Hall–Kier alpha value is -2.04. The van der Waals surface area contributed by atoms with Crippen molar-refractivity contribution in [2.24, 2.45) is 11.8 Å². The second-order valence-electron chi connectivity index (χ2n) is 6.71. The molecule has 0 bridgehead atoms. The Morgan fingerprint density at radius 3 is 2.60 bits per heavy atom. The van der Waals surface area contributed by atoms with Crippen molar-refractivity contribution in [1.82, 2.24) is 0 Å². The summed E-state index contributed by atoms with van der Waals surface area (Å²) >= 11 is 0. The van der Waals surface area contributed by atoms with Gasteiger partial charge in [0.05, 0.1) is 7.11 Å². The van der Waals surface area contributed by atoms with Crippen LogP contribution < -0.4 is 5.32 Å². The van der Waals surface area contributed by atoms with E-state index < -0.39 is 6.09 Å². The van der Waals surface area contributed by atoms with E-state index in [9.17, 15) is 9.59 Å². The van der Waals surface area contributed by atoms with Gasteiger partial charge in [0.1, 0.15) is 6.10 Å². The summed E-state index contributed by atoms with van der Waals surface area (Å²) in [5.74, 6) is 0.283. The monoisotopic (exact) mass is 347 g/mol. The lowest BCUT2D eigenvalue weighted by Gasteiger charge is -2.24. The molecular formula is C20H29NO4. The predicted molar refractivity (Wildman–Crippen MR) is 97.3 cm³/mol. The number of hydrogen-bond acceptors (Lipinski definition) is 4. The quantitative estimate of drug-likeness (QED) is 0.543. The molecule has 0 aromatic heterocycles. The summed E-state index contributed by atoms with van der Waals surface area (Å²) in [5, 5.41) is 2.77. The number of anilines is 1. The molecule has 1 aromatic rings. The Bertz CT molecular complexity index is 546. The Morgan fingerprint density at radius 2 is 1.92 bits per heavy atom. The molecule has 1 aliphatic rings. The fourth-order valence-electron chi connectivity index (χ4n) is 3.67. The zero-order chi connectivity index (χ0) is 18.1. The Balaban J connectivity index is 1.93. The van der Waals surface area contributed by atoms with E-state index in [4.69, 9.17) is 9.47 Å². The number of methoxy groups -OCH3 is 1. The van der Waals surface area contributed by atoms with Crippen LogP contribution >= 0.6 is 0 Å². The minimum absolute atomic E-state index is 0.129. The maximum Gasteiger partial charge on any atom is 0.411 e. The van der Waals surface area contributed by atoms with E-state index in [-0.39, 0.29) is 23.9 Å². The highest BCUT2D eigenvalue weighted by Gasteiger charge is 2.39. The van der Waals surface area contributed by atoms with Crippen LogP contribution in [0.1, 0.15) is 51.9 Å². The van der Waals surface area contributed by atoms with Gasteiger partial charge >= 0.3 is 12.1 Å². The highest BCUT2D eigenvalue weighted by atomic mass is 16.6. The summed E-state index contributed by atoms with van der Waals surface area (Å²) in [6, 6.07) is 9.29. The summed E-state index contributed by atoms with van der Waals surface area (Å²) < 4.78 is 10.5. The molecule has 1 saturated carbocycles. The van der Waals surface area contributed by atoms with Crippen LogP contribution in [-0.4, -0.2) is 25.3 Å². The molecule has 1 N–H and O–H groups in total. The number of carbonyl (C=O) groups is 2. The molecule has 5 nitrogen and oxygen atoms in total. The summed E-state index contributed by atoms with van der Waals surface area (Å²) in [7, 11) is 1.42. The molecule has 0 spiro atoms. The van der Waals surface area contributed by atoms with E-state index >= 15 is 0 Å². The fraction of sp³-hybridized carbons (Fsp3) is 0.600. The number of para-hydroxylation sites is 1. The summed E-state index contributed by atoms with van der Waals surface area (Å²) in [4.78, 5) is 23.9. The minimum atomic E-state index is -0.421. The number of carbonyl (C=O) groups excluding carboxylic acids is 2. The van der Waals surface area contributed by atoms with Gasteiger partial charge in [0.15, 0.2) is 0 Å². The standard InChI is InChI=1S/C20H29NO4/c1-3-4-6-11-17-15(14-19(22)24-2)12-13-18(17)25-20(23)21-16-9-7-5-8-10-16/h5,7-10,15,17-18H,3-4,6,11-14H2,1-2H3,(H,21,23)/t15-,17+,18+/m0/s1. The highest BCUT2D eigenvalue weighted by molar-refractivity contribution is 5.84. The smallest absolute Gasteiger partial charge is 0.411 e. The molecule has 0 unspecified atom stereocenters. The van der Waals surface area contributed by atoms with E-state index in [1.165, 1.54) is 7.11 Å². The number of esters is 1. The SMILES string of the molecule is CCCCC[C@@H]1[C@H](CC(=O)OC)CC[C@H]1OC(=O)Nc1ccccc1. The molecule has 1 aliphatic carbocycles. The van der Waals surface area contributed by atoms with Crippen LogP contribution in [0.15, 0.2) is 30.3 Å². The number of ether oxygens (including phenoxy) is 2. The van der Waals surface area contributed by atoms with Crippen molar-refractivity contribution in [3.05, 3.63) is 30.3 Å². The molecule has 1 amide bonds. The third-order valence-corrected chi connectivity index (χ3v) is 4.98. The molecule has 0 aliphatic heterocycles. The topological polar surface area (TPSA) is 64.6 Å². The molecule has 1 fully saturated rings. The van der Waals surface area contributed by atoms with Crippen molar-refractivity contribution in [2.45, 2.75) is 58.0 Å². The second-order valence-corrected chi connectivity index (χ2v) is 6.71. The molecule has 25 heavy (non-hydrogen) atoms. The van der Waals surface area contributed by atoms with E-state index in [0.717, 1.165) is 44.2 Å². The van der Waals surface area contributed by atoms with Crippen molar-refractivity contribution < 1.29 is 19.1 Å². The maximum atomic E-state index is 12.2. The minimum Gasteiger partial charge on any atom is -0.469 e. The number of rotatable bonds is 8. The van der Waals surface area contributed by atoms with Crippen molar-refractivity contribution in [3.8, 4) is 0 Å². The first-order valence-corrected chi connectivity index (χ1v) is 9.23. The van der Waals surface area contributed by atoms with Gasteiger partial charge < -0.3 is 9.47 Å². The first-order valence-electron chi connectivity index (χ1n) is 9.23. The van der Waals surface area contributed by atoms with Crippen LogP contribution in [-0.2, 0) is 14.3 Å². The number of amides is 1. The van der Waals surface area contributed by atoms with Crippen LogP contribution in [0.3, 0.4) is 0 Å². The summed E-state index contributed by atoms with van der Waals surface area (Å²) in [6.45, 7) is 2.17. The molecular weight excluding hydrogens is 318 g/mol. The zero-order valence-corrected chi connectivity index (χ0v) is 15.2. The first-order chi connectivity index (χ1) is 12.1. The zero-order valence-electron chi connectivity index (χ0n) is 15.2. The Kier molecular flexibility index (Phi) is 7.76. The second kappa shape index (κ2) is 10.1. The van der Waals surface area contributed by atoms with Gasteiger partial charge in [-0.2, -0.15) is 0 Å². The largest absolute Gasteiger partial charge is 0.469 e. The molecule has 1 aromatic carbocycles.